The van der Waals surface area contributed by atoms with Crippen LogP contribution in [0.4, 0.5) is 0 Å². The Morgan fingerprint density at radius 1 is 1.25 bits per heavy atom. The molecule has 0 atom stereocenters. The topological polar surface area (TPSA) is 94.4 Å². The second-order valence-electron chi connectivity index (χ2n) is 2.97. The summed E-state index contributed by atoms with van der Waals surface area (Å²) in [6.45, 7) is 0. The molecule has 2 aromatic rings. The van der Waals surface area contributed by atoms with Crippen molar-refractivity contribution >= 4 is 11.6 Å². The lowest BCUT2D eigenvalue weighted by molar-refractivity contribution is 0.951. The normalized spacial score (nSPS) is 10.0. The first kappa shape index (κ1) is 10.3. The maximum atomic E-state index is 11.3. The van der Waals surface area contributed by atoms with E-state index in [1.165, 1.54) is 18.2 Å². The molecular weight excluding hydrogens is 232 g/mol. The number of aromatic nitrogens is 3. The maximum Gasteiger partial charge on any atom is 0.349 e. The molecule has 16 heavy (non-hydrogen) atoms. The predicted octanol–water partition coefficient (Wildman–Crippen LogP) is 0.379. The summed E-state index contributed by atoms with van der Waals surface area (Å²) in [6, 6.07) is 6.22. The van der Waals surface area contributed by atoms with Crippen molar-refractivity contribution in [2.24, 2.45) is 0 Å². The van der Waals surface area contributed by atoms with Crippen LogP contribution in [0.1, 0.15) is 5.56 Å². The third kappa shape index (κ3) is 1.53. The highest BCUT2D eigenvalue weighted by Gasteiger charge is 2.10. The van der Waals surface area contributed by atoms with Gasteiger partial charge in [0.05, 0.1) is 22.3 Å². The standard InChI is InChI=1S/C9H5ClN4O2/c10-6-2-1-5(4-11)3-7(6)14-8(15)12-13-9(14)16/h1-3H,(H,12,15)(H,13,16). The number of H-pyrrole nitrogens is 2. The van der Waals surface area contributed by atoms with Crippen LogP contribution in [0.5, 0.6) is 0 Å². The van der Waals surface area contributed by atoms with E-state index in [4.69, 9.17) is 16.9 Å². The highest BCUT2D eigenvalue weighted by Crippen LogP contribution is 2.18. The van der Waals surface area contributed by atoms with E-state index >= 15 is 0 Å². The molecule has 0 aliphatic carbocycles. The molecule has 0 aliphatic rings. The van der Waals surface area contributed by atoms with Crippen molar-refractivity contribution in [3.05, 3.63) is 49.8 Å². The van der Waals surface area contributed by atoms with Gasteiger partial charge in [-0.15, -0.1) is 0 Å². The van der Waals surface area contributed by atoms with Crippen molar-refractivity contribution in [2.45, 2.75) is 0 Å². The van der Waals surface area contributed by atoms with Gasteiger partial charge in [0.25, 0.3) is 0 Å². The fraction of sp³-hybridized carbons (Fsp3) is 0. The zero-order valence-corrected chi connectivity index (χ0v) is 8.58. The zero-order chi connectivity index (χ0) is 11.7. The quantitative estimate of drug-likeness (QED) is 0.749. The molecule has 1 aromatic carbocycles. The molecule has 0 radical (unpaired) electrons. The van der Waals surface area contributed by atoms with E-state index in [-0.39, 0.29) is 10.7 Å². The van der Waals surface area contributed by atoms with Crippen molar-refractivity contribution in [3.8, 4) is 11.8 Å². The largest absolute Gasteiger partial charge is 0.349 e. The van der Waals surface area contributed by atoms with Crippen LogP contribution in [0.2, 0.25) is 5.02 Å². The molecule has 1 aromatic heterocycles. The summed E-state index contributed by atoms with van der Waals surface area (Å²) in [7, 11) is 0. The van der Waals surface area contributed by atoms with Crippen molar-refractivity contribution in [1.82, 2.24) is 14.8 Å². The van der Waals surface area contributed by atoms with Gasteiger partial charge in [0.1, 0.15) is 0 Å². The van der Waals surface area contributed by atoms with Crippen LogP contribution in [-0.4, -0.2) is 14.8 Å². The van der Waals surface area contributed by atoms with Crippen molar-refractivity contribution < 1.29 is 0 Å². The van der Waals surface area contributed by atoms with Crippen molar-refractivity contribution in [3.63, 3.8) is 0 Å². The molecule has 0 saturated heterocycles. The molecule has 6 nitrogen and oxygen atoms in total. The lowest BCUT2D eigenvalue weighted by Gasteiger charge is -2.02. The molecule has 2 N–H and O–H groups in total. The van der Waals surface area contributed by atoms with Gasteiger partial charge in [0.15, 0.2) is 0 Å². The van der Waals surface area contributed by atoms with E-state index in [0.717, 1.165) is 4.57 Å². The number of hydrogen-bond donors (Lipinski definition) is 2. The van der Waals surface area contributed by atoms with Crippen LogP contribution >= 0.6 is 11.6 Å². The molecule has 0 aliphatic heterocycles. The monoisotopic (exact) mass is 236 g/mol. The molecule has 0 amide bonds. The number of benzene rings is 1. The third-order valence-corrected chi connectivity index (χ3v) is 2.32. The van der Waals surface area contributed by atoms with Gasteiger partial charge >= 0.3 is 11.4 Å². The van der Waals surface area contributed by atoms with Crippen molar-refractivity contribution in [2.75, 3.05) is 0 Å². The van der Waals surface area contributed by atoms with E-state index in [2.05, 4.69) is 10.2 Å². The smallest absolute Gasteiger partial charge is 0.247 e. The van der Waals surface area contributed by atoms with Crippen molar-refractivity contribution in [1.29, 1.82) is 5.26 Å². The van der Waals surface area contributed by atoms with E-state index in [9.17, 15) is 9.59 Å². The Labute approximate surface area is 93.7 Å². The first-order valence-corrected chi connectivity index (χ1v) is 4.61. The summed E-state index contributed by atoms with van der Waals surface area (Å²) in [4.78, 5) is 22.7. The van der Waals surface area contributed by atoms with Crippen LogP contribution < -0.4 is 11.4 Å². The van der Waals surface area contributed by atoms with Crippen LogP contribution in [0, 0.1) is 11.3 Å². The van der Waals surface area contributed by atoms with E-state index in [0.29, 0.717) is 5.56 Å². The summed E-state index contributed by atoms with van der Waals surface area (Å²) in [5.74, 6) is 0. The van der Waals surface area contributed by atoms with Crippen LogP contribution in [0.15, 0.2) is 27.8 Å². The maximum absolute atomic E-state index is 11.3. The minimum Gasteiger partial charge on any atom is -0.247 e. The second kappa shape index (κ2) is 3.72. The summed E-state index contributed by atoms with van der Waals surface area (Å²) in [5, 5.41) is 13.2. The van der Waals surface area contributed by atoms with Crippen LogP contribution in [-0.2, 0) is 0 Å². The minimum atomic E-state index is -0.637. The van der Waals surface area contributed by atoms with Gasteiger partial charge in [-0.3, -0.25) is 0 Å². The molecule has 7 heteroatoms. The predicted molar refractivity (Wildman–Crippen MR) is 56.7 cm³/mol. The number of nitrogens with zero attached hydrogens (tertiary/aromatic N) is 2. The fourth-order valence-corrected chi connectivity index (χ4v) is 1.49. The third-order valence-electron chi connectivity index (χ3n) is 2.00. The summed E-state index contributed by atoms with van der Waals surface area (Å²) < 4.78 is 0.823. The molecule has 0 spiro atoms. The molecule has 1 heterocycles. The fourth-order valence-electron chi connectivity index (χ4n) is 1.28. The number of aromatic amines is 2. The molecule has 2 rings (SSSR count). The van der Waals surface area contributed by atoms with E-state index in [1.54, 1.807) is 0 Å². The molecule has 0 fully saturated rings. The minimum absolute atomic E-state index is 0.174. The van der Waals surface area contributed by atoms with Crippen LogP contribution in [0.3, 0.4) is 0 Å². The Hall–Kier alpha value is -2.26. The zero-order valence-electron chi connectivity index (χ0n) is 7.82. The average Bonchev–Trinajstić information content (AvgIpc) is 2.60. The van der Waals surface area contributed by atoms with Gasteiger partial charge in [-0.05, 0) is 18.2 Å². The van der Waals surface area contributed by atoms with Gasteiger partial charge in [-0.2, -0.15) is 5.26 Å². The van der Waals surface area contributed by atoms with E-state index < -0.39 is 11.4 Å². The number of hydrogen-bond acceptors (Lipinski definition) is 3. The number of halogens is 1. The molecular formula is C9H5ClN4O2. The van der Waals surface area contributed by atoms with Gasteiger partial charge in [0.2, 0.25) is 0 Å². The molecule has 0 saturated carbocycles. The Balaban J connectivity index is 2.79. The summed E-state index contributed by atoms with van der Waals surface area (Å²) in [5.41, 5.74) is -0.788. The Morgan fingerprint density at radius 3 is 2.44 bits per heavy atom. The highest BCUT2D eigenvalue weighted by molar-refractivity contribution is 6.32. The highest BCUT2D eigenvalue weighted by atomic mass is 35.5. The summed E-state index contributed by atoms with van der Waals surface area (Å²) >= 11 is 5.85. The first-order chi connectivity index (χ1) is 7.63. The van der Waals surface area contributed by atoms with Gasteiger partial charge in [0, 0.05) is 0 Å². The number of rotatable bonds is 1. The molecule has 0 unspecified atom stereocenters. The second-order valence-corrected chi connectivity index (χ2v) is 3.38. The number of nitrogens with one attached hydrogen (secondary N) is 2. The SMILES string of the molecule is N#Cc1ccc(Cl)c(-n2c(=O)[nH][nH]c2=O)c1. The van der Waals surface area contributed by atoms with Gasteiger partial charge in [-0.1, -0.05) is 11.6 Å². The Kier molecular flexibility index (Phi) is 2.38. The lowest BCUT2D eigenvalue weighted by atomic mass is 10.2. The van der Waals surface area contributed by atoms with E-state index in [1.807, 2.05) is 6.07 Å². The Morgan fingerprint density at radius 2 is 1.88 bits per heavy atom. The first-order valence-electron chi connectivity index (χ1n) is 4.23. The van der Waals surface area contributed by atoms with Gasteiger partial charge in [-0.25, -0.2) is 24.4 Å². The number of nitriles is 1. The molecule has 80 valence electrons. The van der Waals surface area contributed by atoms with Gasteiger partial charge < -0.3 is 0 Å². The van der Waals surface area contributed by atoms with Crippen LogP contribution in [0.25, 0.3) is 5.69 Å². The average molecular weight is 237 g/mol. The Bertz CT molecular complexity index is 661. The molecule has 0 bridgehead atoms. The lowest BCUT2D eigenvalue weighted by Crippen LogP contribution is -2.24. The summed E-state index contributed by atoms with van der Waals surface area (Å²) in [6.07, 6.45) is 0.